The lowest BCUT2D eigenvalue weighted by atomic mass is 9.55. The van der Waals surface area contributed by atoms with Crippen LogP contribution in [0.2, 0.25) is 0 Å². The Kier molecular flexibility index (Phi) is 3.01. The SMILES string of the molecule is IC1=C[C@@H]2CCCC[C@]23[C@@H](C1)O[C@@H]1OCCC[C@@H]13. The molecule has 2 aliphatic carbocycles. The number of fused-ring (bicyclic) bond motifs is 1. The first kappa shape index (κ1) is 12.2. The van der Waals surface area contributed by atoms with Gasteiger partial charge < -0.3 is 9.47 Å². The fraction of sp³-hybridized carbons (Fsp3) is 0.867. The lowest BCUT2D eigenvalue weighted by Crippen LogP contribution is -2.48. The standard InChI is InChI=1S/C15H21IO2/c16-11-8-10-4-1-2-6-15(10)12-5-3-7-17-14(12)18-13(15)9-11/h8,10,12-14H,1-7,9H2/t10-,12-,13+,14-,15-/m0/s1. The molecule has 1 spiro atoms. The lowest BCUT2D eigenvalue weighted by Gasteiger charge is -2.50. The highest BCUT2D eigenvalue weighted by Gasteiger charge is 2.61. The molecule has 1 saturated carbocycles. The Balaban J connectivity index is 1.75. The largest absolute Gasteiger partial charge is 0.352 e. The van der Waals surface area contributed by atoms with E-state index in [1.807, 2.05) is 0 Å². The molecular formula is C15H21IO2. The molecule has 0 unspecified atom stereocenters. The second-order valence-electron chi connectivity index (χ2n) is 6.39. The molecule has 2 nitrogen and oxygen atoms in total. The molecule has 0 radical (unpaired) electrons. The summed E-state index contributed by atoms with van der Waals surface area (Å²) >= 11 is 2.51. The Hall–Kier alpha value is 0.390. The topological polar surface area (TPSA) is 18.5 Å². The fourth-order valence-corrected chi connectivity index (χ4v) is 5.82. The molecule has 3 fully saturated rings. The van der Waals surface area contributed by atoms with Gasteiger partial charge in [0.05, 0.1) is 6.10 Å². The second-order valence-corrected chi connectivity index (χ2v) is 7.78. The third kappa shape index (κ3) is 1.59. The quantitative estimate of drug-likeness (QED) is 0.607. The van der Waals surface area contributed by atoms with Gasteiger partial charge in [-0.2, -0.15) is 0 Å². The summed E-state index contributed by atoms with van der Waals surface area (Å²) in [6, 6.07) is 0. The Labute approximate surface area is 123 Å². The first-order chi connectivity index (χ1) is 8.80. The van der Waals surface area contributed by atoms with Gasteiger partial charge in [-0.25, -0.2) is 0 Å². The molecule has 5 atom stereocenters. The van der Waals surface area contributed by atoms with Crippen molar-refractivity contribution in [3.63, 3.8) is 0 Å². The number of ether oxygens (including phenoxy) is 2. The monoisotopic (exact) mass is 360 g/mol. The molecule has 4 rings (SSSR count). The van der Waals surface area contributed by atoms with Crippen molar-refractivity contribution < 1.29 is 9.47 Å². The van der Waals surface area contributed by atoms with Crippen LogP contribution in [-0.4, -0.2) is 19.0 Å². The normalized spacial score (nSPS) is 51.1. The molecule has 0 aromatic heterocycles. The van der Waals surface area contributed by atoms with Crippen molar-refractivity contribution in [2.75, 3.05) is 6.61 Å². The predicted octanol–water partition coefficient (Wildman–Crippen LogP) is 4.04. The van der Waals surface area contributed by atoms with Crippen LogP contribution in [0.25, 0.3) is 0 Å². The second kappa shape index (κ2) is 4.45. The molecule has 2 aliphatic heterocycles. The van der Waals surface area contributed by atoms with E-state index in [-0.39, 0.29) is 6.29 Å². The maximum absolute atomic E-state index is 6.33. The average Bonchev–Trinajstić information content (AvgIpc) is 2.69. The van der Waals surface area contributed by atoms with E-state index in [0.717, 1.165) is 18.9 Å². The van der Waals surface area contributed by atoms with Crippen LogP contribution in [0.4, 0.5) is 0 Å². The van der Waals surface area contributed by atoms with E-state index in [2.05, 4.69) is 28.7 Å². The van der Waals surface area contributed by atoms with Gasteiger partial charge in [0.1, 0.15) is 0 Å². The van der Waals surface area contributed by atoms with Crippen molar-refractivity contribution in [1.82, 2.24) is 0 Å². The van der Waals surface area contributed by atoms with Gasteiger partial charge in [-0.05, 0) is 57.8 Å². The van der Waals surface area contributed by atoms with Crippen LogP contribution in [0.15, 0.2) is 9.66 Å². The summed E-state index contributed by atoms with van der Waals surface area (Å²) in [4.78, 5) is 0. The van der Waals surface area contributed by atoms with E-state index in [0.29, 0.717) is 17.4 Å². The lowest BCUT2D eigenvalue weighted by molar-refractivity contribution is -0.166. The van der Waals surface area contributed by atoms with Crippen LogP contribution in [0.1, 0.15) is 44.9 Å². The Morgan fingerprint density at radius 2 is 2.17 bits per heavy atom. The van der Waals surface area contributed by atoms with E-state index >= 15 is 0 Å². The zero-order valence-electron chi connectivity index (χ0n) is 10.7. The van der Waals surface area contributed by atoms with Gasteiger partial charge in [0.15, 0.2) is 6.29 Å². The molecule has 2 saturated heterocycles. The molecule has 2 heterocycles. The summed E-state index contributed by atoms with van der Waals surface area (Å²) in [7, 11) is 0. The van der Waals surface area contributed by atoms with Crippen molar-refractivity contribution in [2.45, 2.75) is 57.3 Å². The maximum atomic E-state index is 6.33. The minimum Gasteiger partial charge on any atom is -0.352 e. The van der Waals surface area contributed by atoms with Gasteiger partial charge in [-0.3, -0.25) is 0 Å². The number of hydrogen-bond acceptors (Lipinski definition) is 2. The summed E-state index contributed by atoms with van der Waals surface area (Å²) in [6.07, 6.45) is 12.3. The first-order valence-electron chi connectivity index (χ1n) is 7.44. The van der Waals surface area contributed by atoms with Crippen molar-refractivity contribution in [2.24, 2.45) is 17.3 Å². The number of rotatable bonds is 0. The van der Waals surface area contributed by atoms with Crippen LogP contribution in [0.5, 0.6) is 0 Å². The van der Waals surface area contributed by atoms with Crippen molar-refractivity contribution in [3.05, 3.63) is 9.66 Å². The van der Waals surface area contributed by atoms with Crippen LogP contribution in [0.3, 0.4) is 0 Å². The number of hydrogen-bond donors (Lipinski definition) is 0. The molecular weight excluding hydrogens is 339 g/mol. The van der Waals surface area contributed by atoms with Crippen LogP contribution >= 0.6 is 22.6 Å². The first-order valence-corrected chi connectivity index (χ1v) is 8.52. The van der Waals surface area contributed by atoms with Crippen molar-refractivity contribution in [3.8, 4) is 0 Å². The maximum Gasteiger partial charge on any atom is 0.161 e. The molecule has 0 N–H and O–H groups in total. The summed E-state index contributed by atoms with van der Waals surface area (Å²) in [5.74, 6) is 1.43. The molecule has 0 bridgehead atoms. The molecule has 4 aliphatic rings. The minimum atomic E-state index is 0.111. The van der Waals surface area contributed by atoms with Gasteiger partial charge in [-0.1, -0.05) is 18.9 Å². The van der Waals surface area contributed by atoms with Crippen LogP contribution < -0.4 is 0 Å². The fourth-order valence-electron chi connectivity index (χ4n) is 4.99. The van der Waals surface area contributed by atoms with E-state index < -0.39 is 0 Å². The molecule has 100 valence electrons. The van der Waals surface area contributed by atoms with Crippen LogP contribution in [-0.2, 0) is 9.47 Å². The van der Waals surface area contributed by atoms with Crippen molar-refractivity contribution >= 4 is 22.6 Å². The molecule has 18 heavy (non-hydrogen) atoms. The minimum absolute atomic E-state index is 0.111. The van der Waals surface area contributed by atoms with E-state index in [4.69, 9.17) is 9.47 Å². The highest BCUT2D eigenvalue weighted by atomic mass is 127. The molecule has 3 heteroatoms. The summed E-state index contributed by atoms with van der Waals surface area (Å²) < 4.78 is 13.8. The highest BCUT2D eigenvalue weighted by molar-refractivity contribution is 14.1. The molecule has 0 aromatic rings. The zero-order chi connectivity index (χ0) is 12.2. The Bertz CT molecular complexity index is 381. The summed E-state index contributed by atoms with van der Waals surface area (Å²) in [5.41, 5.74) is 0.429. The van der Waals surface area contributed by atoms with Gasteiger partial charge in [0.2, 0.25) is 0 Å². The third-order valence-corrected chi connectivity index (χ3v) is 6.49. The Morgan fingerprint density at radius 3 is 3.11 bits per heavy atom. The third-order valence-electron chi connectivity index (χ3n) is 5.69. The smallest absolute Gasteiger partial charge is 0.161 e. The van der Waals surface area contributed by atoms with E-state index in [9.17, 15) is 0 Å². The highest BCUT2D eigenvalue weighted by Crippen LogP contribution is 2.62. The van der Waals surface area contributed by atoms with E-state index in [1.165, 1.54) is 42.1 Å². The van der Waals surface area contributed by atoms with Crippen LogP contribution in [0, 0.1) is 17.3 Å². The zero-order valence-corrected chi connectivity index (χ0v) is 12.9. The van der Waals surface area contributed by atoms with Gasteiger partial charge in [0.25, 0.3) is 0 Å². The number of halogens is 1. The van der Waals surface area contributed by atoms with Gasteiger partial charge in [0, 0.05) is 24.4 Å². The van der Waals surface area contributed by atoms with Crippen molar-refractivity contribution in [1.29, 1.82) is 0 Å². The summed E-state index contributed by atoms with van der Waals surface area (Å²) in [5, 5.41) is 0. The molecule has 0 aromatic carbocycles. The Morgan fingerprint density at radius 1 is 1.22 bits per heavy atom. The molecule has 0 amide bonds. The van der Waals surface area contributed by atoms with E-state index in [1.54, 1.807) is 0 Å². The predicted molar refractivity (Wildman–Crippen MR) is 78.4 cm³/mol. The average molecular weight is 360 g/mol. The van der Waals surface area contributed by atoms with Gasteiger partial charge >= 0.3 is 0 Å². The summed E-state index contributed by atoms with van der Waals surface area (Å²) in [6.45, 7) is 0.902. The number of allylic oxidation sites excluding steroid dienone is 1. The van der Waals surface area contributed by atoms with Gasteiger partial charge in [-0.15, -0.1) is 0 Å².